The average Bonchev–Trinajstić information content (AvgIpc) is 2.57. The van der Waals surface area contributed by atoms with Crippen LogP contribution in [0.15, 0.2) is 89.8 Å². The molecule has 1 nitrogen and oxygen atoms in total. The lowest BCUT2D eigenvalue weighted by Gasteiger charge is -2.09. The summed E-state index contributed by atoms with van der Waals surface area (Å²) in [5, 5.41) is 9.52. The van der Waals surface area contributed by atoms with Gasteiger partial charge in [-0.05, 0) is 24.3 Å². The van der Waals surface area contributed by atoms with Crippen molar-refractivity contribution in [3.05, 3.63) is 96.1 Å². The van der Waals surface area contributed by atoms with E-state index in [4.69, 9.17) is 0 Å². The van der Waals surface area contributed by atoms with Crippen LogP contribution in [0, 0.1) is 0 Å². The van der Waals surface area contributed by atoms with Gasteiger partial charge in [0, 0.05) is 22.0 Å². The molecule has 0 fully saturated rings. The van der Waals surface area contributed by atoms with Gasteiger partial charge in [-0.1, -0.05) is 60.7 Å². The summed E-state index contributed by atoms with van der Waals surface area (Å²) in [5.41, 5.74) is 2.71. The van der Waals surface area contributed by atoms with E-state index >= 15 is 0 Å². The van der Waals surface area contributed by atoms with Crippen LogP contribution in [0.5, 0.6) is 5.75 Å². The fraction of sp³-hybridized carbons (Fsp3) is 0.100. The van der Waals surface area contributed by atoms with Crippen LogP contribution in [-0.4, -0.2) is 5.11 Å². The summed E-state index contributed by atoms with van der Waals surface area (Å²) >= 11 is 0. The molecule has 22 heavy (non-hydrogen) atoms. The van der Waals surface area contributed by atoms with Gasteiger partial charge in [0.25, 0.3) is 0 Å². The van der Waals surface area contributed by atoms with Crippen molar-refractivity contribution in [1.82, 2.24) is 0 Å². The highest BCUT2D eigenvalue weighted by Crippen LogP contribution is 2.25. The molecule has 3 aromatic rings. The lowest BCUT2D eigenvalue weighted by molar-refractivity contribution is 0.475. The minimum Gasteiger partial charge on any atom is -0.508 e. The monoisotopic (exact) mass is 307 g/mol. The van der Waals surface area contributed by atoms with Crippen LogP contribution in [0.25, 0.3) is 0 Å². The Morgan fingerprint density at radius 2 is 1.05 bits per heavy atom. The van der Waals surface area contributed by atoms with Crippen LogP contribution in [0.4, 0.5) is 0 Å². The molecule has 0 spiro atoms. The number of hydrogen-bond donors (Lipinski definition) is 1. The highest BCUT2D eigenvalue weighted by atomic mass is 32.2. The molecular weight excluding hydrogens is 288 g/mol. The van der Waals surface area contributed by atoms with Crippen LogP contribution >= 0.6 is 0 Å². The zero-order valence-electron chi connectivity index (χ0n) is 12.4. The molecule has 1 N–H and O–H groups in total. The summed E-state index contributed by atoms with van der Waals surface area (Å²) in [6, 6.07) is 28.9. The molecule has 0 saturated carbocycles. The lowest BCUT2D eigenvalue weighted by Crippen LogP contribution is -2.09. The third-order valence-corrected chi connectivity index (χ3v) is 5.84. The molecule has 0 aliphatic heterocycles. The molecule has 0 radical (unpaired) electrons. The van der Waals surface area contributed by atoms with Gasteiger partial charge in [0.2, 0.25) is 0 Å². The van der Waals surface area contributed by atoms with E-state index < -0.39 is 0 Å². The fourth-order valence-corrected chi connectivity index (χ4v) is 4.55. The highest BCUT2D eigenvalue weighted by molar-refractivity contribution is 7.95. The maximum Gasteiger partial charge on any atom is 0.155 e. The highest BCUT2D eigenvalue weighted by Gasteiger charge is 2.23. The molecule has 0 unspecified atom stereocenters. The molecular formula is C20H19OS+. The van der Waals surface area contributed by atoms with Crippen molar-refractivity contribution in [2.24, 2.45) is 0 Å². The normalized spacial score (nSPS) is 10.8. The molecule has 2 heteroatoms. The number of benzene rings is 3. The second kappa shape index (κ2) is 7.19. The Morgan fingerprint density at radius 3 is 1.50 bits per heavy atom. The summed E-state index contributed by atoms with van der Waals surface area (Å²) in [6.07, 6.45) is 0. The summed E-state index contributed by atoms with van der Waals surface area (Å²) in [7, 11) is 0.0908. The first-order valence-electron chi connectivity index (χ1n) is 7.35. The van der Waals surface area contributed by atoms with E-state index in [2.05, 4.69) is 60.7 Å². The van der Waals surface area contributed by atoms with Crippen molar-refractivity contribution in [2.75, 3.05) is 0 Å². The third kappa shape index (κ3) is 3.92. The van der Waals surface area contributed by atoms with Gasteiger partial charge in [-0.2, -0.15) is 0 Å². The fourth-order valence-electron chi connectivity index (χ4n) is 2.41. The predicted octanol–water partition coefficient (Wildman–Crippen LogP) is 4.77. The largest absolute Gasteiger partial charge is 0.508 e. The molecule has 0 saturated heterocycles. The third-order valence-electron chi connectivity index (χ3n) is 3.54. The molecule has 3 rings (SSSR count). The molecule has 0 amide bonds. The van der Waals surface area contributed by atoms with Crippen LogP contribution in [-0.2, 0) is 22.4 Å². The molecule has 0 aliphatic rings. The zero-order valence-corrected chi connectivity index (χ0v) is 13.2. The van der Waals surface area contributed by atoms with E-state index in [-0.39, 0.29) is 10.9 Å². The van der Waals surface area contributed by atoms with E-state index in [1.807, 2.05) is 12.1 Å². The van der Waals surface area contributed by atoms with Gasteiger partial charge in [-0.25, -0.2) is 0 Å². The van der Waals surface area contributed by atoms with E-state index in [1.165, 1.54) is 16.0 Å². The summed E-state index contributed by atoms with van der Waals surface area (Å²) in [5.74, 6) is 2.38. The first-order chi connectivity index (χ1) is 10.8. The van der Waals surface area contributed by atoms with E-state index in [9.17, 15) is 5.11 Å². The molecule has 0 aromatic heterocycles. The van der Waals surface area contributed by atoms with Crippen molar-refractivity contribution in [3.8, 4) is 5.75 Å². The maximum absolute atomic E-state index is 9.52. The topological polar surface area (TPSA) is 20.2 Å². The van der Waals surface area contributed by atoms with Crippen molar-refractivity contribution in [3.63, 3.8) is 0 Å². The van der Waals surface area contributed by atoms with Gasteiger partial charge in [-0.15, -0.1) is 0 Å². The minimum absolute atomic E-state index is 0.0908. The minimum atomic E-state index is 0.0908. The average molecular weight is 307 g/mol. The lowest BCUT2D eigenvalue weighted by atomic mass is 10.2. The van der Waals surface area contributed by atoms with Crippen molar-refractivity contribution in [2.45, 2.75) is 16.4 Å². The number of phenolic OH excluding ortho intramolecular Hbond substituents is 1. The standard InChI is InChI=1S/C20H18OS/c21-19-11-13-20(14-12-19)22(15-17-7-3-1-4-8-17)16-18-9-5-2-6-10-18/h1-14H,15-16H2/p+1. The smallest absolute Gasteiger partial charge is 0.155 e. The van der Waals surface area contributed by atoms with Gasteiger partial charge in [0.15, 0.2) is 4.90 Å². The molecule has 0 atom stereocenters. The Bertz CT molecular complexity index is 651. The van der Waals surface area contributed by atoms with Crippen molar-refractivity contribution < 1.29 is 5.11 Å². The Balaban J connectivity index is 1.86. The quantitative estimate of drug-likeness (QED) is 0.673. The molecule has 3 aromatic carbocycles. The second-order valence-corrected chi connectivity index (χ2v) is 7.28. The number of aromatic hydroxyl groups is 1. The van der Waals surface area contributed by atoms with E-state index in [1.54, 1.807) is 12.1 Å². The van der Waals surface area contributed by atoms with Gasteiger partial charge in [-0.3, -0.25) is 0 Å². The van der Waals surface area contributed by atoms with Crippen LogP contribution in [0.3, 0.4) is 0 Å². The maximum atomic E-state index is 9.52. The predicted molar refractivity (Wildman–Crippen MR) is 94.0 cm³/mol. The van der Waals surface area contributed by atoms with Gasteiger partial charge < -0.3 is 5.11 Å². The van der Waals surface area contributed by atoms with E-state index in [0.29, 0.717) is 5.75 Å². The summed E-state index contributed by atoms with van der Waals surface area (Å²) in [4.78, 5) is 1.30. The van der Waals surface area contributed by atoms with Crippen LogP contribution < -0.4 is 0 Å². The van der Waals surface area contributed by atoms with Gasteiger partial charge >= 0.3 is 0 Å². The second-order valence-electron chi connectivity index (χ2n) is 5.25. The Kier molecular flexibility index (Phi) is 4.81. The Hall–Kier alpha value is -2.19. The zero-order chi connectivity index (χ0) is 15.2. The van der Waals surface area contributed by atoms with Gasteiger partial charge in [0.1, 0.15) is 17.3 Å². The van der Waals surface area contributed by atoms with Crippen molar-refractivity contribution >= 4 is 10.9 Å². The molecule has 0 bridgehead atoms. The summed E-state index contributed by atoms with van der Waals surface area (Å²) in [6.45, 7) is 0. The first-order valence-corrected chi connectivity index (χ1v) is 8.92. The van der Waals surface area contributed by atoms with Crippen molar-refractivity contribution in [1.29, 1.82) is 0 Å². The van der Waals surface area contributed by atoms with Crippen LogP contribution in [0.1, 0.15) is 11.1 Å². The molecule has 110 valence electrons. The number of rotatable bonds is 5. The van der Waals surface area contributed by atoms with Gasteiger partial charge in [0.05, 0.1) is 0 Å². The number of hydrogen-bond acceptors (Lipinski definition) is 1. The number of phenols is 1. The van der Waals surface area contributed by atoms with Crippen LogP contribution in [0.2, 0.25) is 0 Å². The first kappa shape index (κ1) is 14.7. The Morgan fingerprint density at radius 1 is 0.591 bits per heavy atom. The Labute approximate surface area is 134 Å². The van der Waals surface area contributed by atoms with E-state index in [0.717, 1.165) is 11.5 Å². The molecule has 0 aliphatic carbocycles. The summed E-state index contributed by atoms with van der Waals surface area (Å²) < 4.78 is 0. The SMILES string of the molecule is Oc1ccc([S+](Cc2ccccc2)Cc2ccccc2)cc1. The molecule has 0 heterocycles.